The molecule has 1 heterocycles. The molecule has 0 aromatic heterocycles. The Morgan fingerprint density at radius 3 is 2.38 bits per heavy atom. The van der Waals surface area contributed by atoms with Crippen LogP contribution in [-0.2, 0) is 16.4 Å². The molecule has 6 nitrogen and oxygen atoms in total. The van der Waals surface area contributed by atoms with Crippen LogP contribution >= 0.6 is 11.6 Å². The minimum atomic E-state index is -3.91. The Morgan fingerprint density at radius 2 is 1.68 bits per heavy atom. The third-order valence-corrected chi connectivity index (χ3v) is 8.11. The molecule has 0 aliphatic carbocycles. The van der Waals surface area contributed by atoms with Gasteiger partial charge in [-0.1, -0.05) is 48.9 Å². The second-order valence-electron chi connectivity index (χ2n) is 7.95. The first kappa shape index (κ1) is 24.2. The van der Waals surface area contributed by atoms with Crippen molar-refractivity contribution in [2.45, 2.75) is 18.2 Å². The van der Waals surface area contributed by atoms with Gasteiger partial charge < -0.3 is 10.2 Å². The average Bonchev–Trinajstić information content (AvgIpc) is 2.85. The Balaban J connectivity index is 1.52. The van der Waals surface area contributed by atoms with Gasteiger partial charge in [0.15, 0.2) is 0 Å². The number of carbonyl (C=O) groups is 1. The predicted molar refractivity (Wildman–Crippen MR) is 133 cm³/mol. The van der Waals surface area contributed by atoms with Gasteiger partial charge in [0, 0.05) is 31.9 Å². The fourth-order valence-corrected chi connectivity index (χ4v) is 5.71. The van der Waals surface area contributed by atoms with E-state index < -0.39 is 21.7 Å². The molecule has 0 radical (unpaired) electrons. The predicted octanol–water partition coefficient (Wildman–Crippen LogP) is 4.80. The largest absolute Gasteiger partial charge is 0.368 e. The quantitative estimate of drug-likeness (QED) is 0.526. The summed E-state index contributed by atoms with van der Waals surface area (Å²) >= 11 is 6.27. The van der Waals surface area contributed by atoms with E-state index >= 15 is 0 Å². The Kier molecular flexibility index (Phi) is 7.21. The molecule has 0 saturated carbocycles. The zero-order valence-electron chi connectivity index (χ0n) is 18.7. The van der Waals surface area contributed by atoms with E-state index in [0.717, 1.165) is 23.4 Å². The van der Waals surface area contributed by atoms with Crippen LogP contribution in [-0.4, -0.2) is 44.8 Å². The van der Waals surface area contributed by atoms with Crippen LogP contribution in [0.25, 0.3) is 0 Å². The first-order valence-electron chi connectivity index (χ1n) is 11.0. The summed E-state index contributed by atoms with van der Waals surface area (Å²) in [5.74, 6) is -1.48. The Labute approximate surface area is 204 Å². The number of aryl methyl sites for hydroxylation is 1. The topological polar surface area (TPSA) is 69.7 Å². The standard InChI is InChI=1S/C25H25ClFN3O3S/c1-2-18-7-3-5-9-23(18)28-25(31)20-17-19(11-12-22(20)27)34(32,33)30-15-13-29(14-16-30)24-10-6-4-8-21(24)26/h3-12,17H,2,13-16H2,1H3,(H,28,31). The van der Waals surface area contributed by atoms with Crippen LogP contribution in [0.3, 0.4) is 0 Å². The highest BCUT2D eigenvalue weighted by Crippen LogP contribution is 2.28. The van der Waals surface area contributed by atoms with Gasteiger partial charge in [0.05, 0.1) is 21.2 Å². The van der Waals surface area contributed by atoms with Crippen molar-refractivity contribution in [3.63, 3.8) is 0 Å². The minimum absolute atomic E-state index is 0.117. The van der Waals surface area contributed by atoms with Crippen molar-refractivity contribution in [1.82, 2.24) is 4.31 Å². The normalized spacial score (nSPS) is 14.7. The highest BCUT2D eigenvalue weighted by Gasteiger charge is 2.30. The van der Waals surface area contributed by atoms with Crippen LogP contribution in [0.1, 0.15) is 22.8 Å². The van der Waals surface area contributed by atoms with E-state index in [1.54, 1.807) is 18.2 Å². The molecule has 1 N–H and O–H groups in total. The molecule has 0 atom stereocenters. The third-order valence-electron chi connectivity index (χ3n) is 5.90. The average molecular weight is 502 g/mol. The number of carbonyl (C=O) groups excluding carboxylic acids is 1. The summed E-state index contributed by atoms with van der Waals surface area (Å²) in [6, 6.07) is 18.0. The molecule has 34 heavy (non-hydrogen) atoms. The van der Waals surface area contributed by atoms with Gasteiger partial charge in [-0.15, -0.1) is 0 Å². The van der Waals surface area contributed by atoms with Crippen molar-refractivity contribution in [3.8, 4) is 0 Å². The van der Waals surface area contributed by atoms with E-state index in [1.807, 2.05) is 42.2 Å². The minimum Gasteiger partial charge on any atom is -0.368 e. The molecule has 0 spiro atoms. The van der Waals surface area contributed by atoms with Crippen molar-refractivity contribution in [1.29, 1.82) is 0 Å². The van der Waals surface area contributed by atoms with Gasteiger partial charge in [-0.25, -0.2) is 12.8 Å². The zero-order valence-corrected chi connectivity index (χ0v) is 20.2. The smallest absolute Gasteiger partial charge is 0.258 e. The van der Waals surface area contributed by atoms with Gasteiger partial charge in [-0.05, 0) is 48.4 Å². The van der Waals surface area contributed by atoms with Gasteiger partial charge >= 0.3 is 0 Å². The van der Waals surface area contributed by atoms with Crippen LogP contribution in [0.5, 0.6) is 0 Å². The number of benzene rings is 3. The Bertz CT molecular complexity index is 1310. The first-order valence-corrected chi connectivity index (χ1v) is 12.8. The lowest BCUT2D eigenvalue weighted by Gasteiger charge is -2.35. The fraction of sp³-hybridized carbons (Fsp3) is 0.240. The Hall–Kier alpha value is -2.94. The number of anilines is 2. The van der Waals surface area contributed by atoms with Crippen molar-refractivity contribution in [3.05, 3.63) is 88.7 Å². The second kappa shape index (κ2) is 10.1. The maximum absolute atomic E-state index is 14.5. The van der Waals surface area contributed by atoms with Crippen molar-refractivity contribution in [2.24, 2.45) is 0 Å². The Morgan fingerprint density at radius 1 is 1.00 bits per heavy atom. The number of piperazine rings is 1. The maximum Gasteiger partial charge on any atom is 0.258 e. The van der Waals surface area contributed by atoms with Gasteiger partial charge in [-0.2, -0.15) is 4.31 Å². The number of para-hydroxylation sites is 2. The highest BCUT2D eigenvalue weighted by molar-refractivity contribution is 7.89. The zero-order chi connectivity index (χ0) is 24.3. The number of rotatable bonds is 6. The molecule has 4 rings (SSSR count). The van der Waals surface area contributed by atoms with Gasteiger partial charge in [0.2, 0.25) is 10.0 Å². The molecule has 1 aliphatic heterocycles. The first-order chi connectivity index (χ1) is 16.3. The monoisotopic (exact) mass is 501 g/mol. The van der Waals surface area contributed by atoms with Crippen molar-refractivity contribution >= 4 is 38.9 Å². The number of nitrogens with one attached hydrogen (secondary N) is 1. The summed E-state index contributed by atoms with van der Waals surface area (Å²) < 4.78 is 42.4. The molecule has 0 bridgehead atoms. The lowest BCUT2D eigenvalue weighted by Crippen LogP contribution is -2.48. The number of sulfonamides is 1. The van der Waals surface area contributed by atoms with Crippen LogP contribution in [0.15, 0.2) is 71.6 Å². The molecule has 1 saturated heterocycles. The van der Waals surface area contributed by atoms with Gasteiger partial charge in [0.1, 0.15) is 5.82 Å². The van der Waals surface area contributed by atoms with E-state index in [2.05, 4.69) is 5.32 Å². The van der Waals surface area contributed by atoms with E-state index in [1.165, 1.54) is 10.4 Å². The summed E-state index contributed by atoms with van der Waals surface area (Å²) in [5.41, 5.74) is 2.01. The van der Waals surface area contributed by atoms with Gasteiger partial charge in [-0.3, -0.25) is 4.79 Å². The molecule has 1 amide bonds. The summed E-state index contributed by atoms with van der Waals surface area (Å²) in [5, 5.41) is 3.31. The lowest BCUT2D eigenvalue weighted by molar-refractivity contribution is 0.102. The molecule has 9 heteroatoms. The summed E-state index contributed by atoms with van der Waals surface area (Å²) in [4.78, 5) is 14.7. The molecular formula is C25H25ClFN3O3S. The summed E-state index contributed by atoms with van der Waals surface area (Å²) in [7, 11) is -3.91. The van der Waals surface area contributed by atoms with Crippen LogP contribution in [0.4, 0.5) is 15.8 Å². The van der Waals surface area contributed by atoms with Gasteiger partial charge in [0.25, 0.3) is 5.91 Å². The van der Waals surface area contributed by atoms with Crippen LogP contribution < -0.4 is 10.2 Å². The number of amides is 1. The number of nitrogens with zero attached hydrogens (tertiary/aromatic N) is 2. The molecule has 178 valence electrons. The number of hydrogen-bond donors (Lipinski definition) is 1. The van der Waals surface area contributed by atoms with E-state index in [9.17, 15) is 17.6 Å². The van der Waals surface area contributed by atoms with Crippen LogP contribution in [0.2, 0.25) is 5.02 Å². The third kappa shape index (κ3) is 4.94. The molecule has 3 aromatic rings. The fourth-order valence-electron chi connectivity index (χ4n) is 4.01. The van der Waals surface area contributed by atoms with Crippen molar-refractivity contribution < 1.29 is 17.6 Å². The second-order valence-corrected chi connectivity index (χ2v) is 10.3. The summed E-state index contributed by atoms with van der Waals surface area (Å²) in [6.45, 7) is 3.37. The molecular weight excluding hydrogens is 477 g/mol. The number of halogens is 2. The highest BCUT2D eigenvalue weighted by atomic mass is 35.5. The maximum atomic E-state index is 14.5. The molecule has 1 fully saturated rings. The number of hydrogen-bond acceptors (Lipinski definition) is 4. The van der Waals surface area contributed by atoms with E-state index in [4.69, 9.17) is 11.6 Å². The molecule has 1 aliphatic rings. The molecule has 3 aromatic carbocycles. The summed E-state index contributed by atoms with van der Waals surface area (Å²) in [6.07, 6.45) is 0.688. The lowest BCUT2D eigenvalue weighted by atomic mass is 10.1. The van der Waals surface area contributed by atoms with E-state index in [0.29, 0.717) is 30.2 Å². The van der Waals surface area contributed by atoms with Crippen molar-refractivity contribution in [2.75, 3.05) is 36.4 Å². The van der Waals surface area contributed by atoms with Crippen LogP contribution in [0, 0.1) is 5.82 Å². The molecule has 0 unspecified atom stereocenters. The van der Waals surface area contributed by atoms with E-state index in [-0.39, 0.29) is 23.5 Å². The SMILES string of the molecule is CCc1ccccc1NC(=O)c1cc(S(=O)(=O)N2CCN(c3ccccc3Cl)CC2)ccc1F.